The first-order valence-electron chi connectivity index (χ1n) is 6.49. The molecule has 1 aromatic rings. The first kappa shape index (κ1) is 23.8. The van der Waals surface area contributed by atoms with Crippen LogP contribution >= 0.6 is 7.82 Å². The van der Waals surface area contributed by atoms with Crippen molar-refractivity contribution in [1.29, 1.82) is 0 Å². The molecule has 0 aliphatic carbocycles. The summed E-state index contributed by atoms with van der Waals surface area (Å²) < 4.78 is 15.1. The number of aromatic hydroxyl groups is 1. The van der Waals surface area contributed by atoms with Crippen molar-refractivity contribution in [3.05, 3.63) is 30.4 Å². The van der Waals surface area contributed by atoms with Crippen LogP contribution in [0.25, 0.3) is 0 Å². The number of aromatic nitrogens is 1. The summed E-state index contributed by atoms with van der Waals surface area (Å²) >= 11 is 0. The van der Waals surface area contributed by atoms with Gasteiger partial charge in [-0.2, -0.15) is 0 Å². The number of pyridine rings is 1. The fourth-order valence-electron chi connectivity index (χ4n) is 1.49. The van der Waals surface area contributed by atoms with E-state index in [1.165, 1.54) is 12.4 Å². The summed E-state index contributed by atoms with van der Waals surface area (Å²) in [6.07, 6.45) is 3.78. The SMILES string of the molecule is Cc1ncc(COP(=O)(O)O)c(C=NOCCCCO)c1O.[CH3-].[Db]. The molecule has 1 heterocycles. The van der Waals surface area contributed by atoms with Crippen LogP contribution in [-0.4, -0.2) is 44.4 Å². The van der Waals surface area contributed by atoms with Crippen LogP contribution in [0.1, 0.15) is 29.7 Å². The van der Waals surface area contributed by atoms with Crippen molar-refractivity contribution in [2.24, 2.45) is 5.16 Å². The predicted octanol–water partition coefficient (Wildman–Crippen LogP) is 1.28. The van der Waals surface area contributed by atoms with Crippen LogP contribution in [0.3, 0.4) is 0 Å². The maximum Gasteiger partial charge on any atom is 0.469 e. The van der Waals surface area contributed by atoms with Crippen molar-refractivity contribution < 1.29 is 33.9 Å². The number of oxime groups is 1. The number of nitrogens with zero attached hydrogens (tertiary/aromatic N) is 2. The van der Waals surface area contributed by atoms with Crippen molar-refractivity contribution in [1.82, 2.24) is 4.98 Å². The Morgan fingerprint density at radius 3 is 2.62 bits per heavy atom. The minimum atomic E-state index is -4.63. The molecular weight excluding hydrogens is 595 g/mol. The average Bonchev–Trinajstić information content (AvgIpc) is 2.45. The van der Waals surface area contributed by atoms with Gasteiger partial charge < -0.3 is 32.3 Å². The fraction of sp³-hybridized carbons (Fsp3) is 0.462. The van der Waals surface area contributed by atoms with Gasteiger partial charge in [0.25, 0.3) is 0 Å². The molecule has 0 saturated carbocycles. The Balaban J connectivity index is 0. The first-order valence-corrected chi connectivity index (χ1v) is 8.02. The molecular formula is C13H22DbN2O7P-. The Morgan fingerprint density at radius 1 is 1.38 bits per heavy atom. The Hall–Kier alpha value is -2.51. The summed E-state index contributed by atoms with van der Waals surface area (Å²) in [5.41, 5.74) is 0.805. The number of rotatable bonds is 9. The molecule has 0 bridgehead atoms. The quantitative estimate of drug-likeness (QED) is 0.107. The van der Waals surface area contributed by atoms with E-state index in [9.17, 15) is 9.67 Å². The predicted molar refractivity (Wildman–Crippen MR) is 83.8 cm³/mol. The van der Waals surface area contributed by atoms with Crippen molar-refractivity contribution >= 4 is 14.0 Å². The third-order valence-corrected chi connectivity index (χ3v) is 3.11. The van der Waals surface area contributed by atoms with E-state index in [4.69, 9.17) is 19.7 Å². The zero-order valence-corrected chi connectivity index (χ0v) is 21.1. The Bertz CT molecular complexity index is 565. The fourth-order valence-corrected chi connectivity index (χ4v) is 1.79. The van der Waals surface area contributed by atoms with Gasteiger partial charge in [0.05, 0.1) is 18.5 Å². The molecule has 0 aromatic carbocycles. The molecule has 134 valence electrons. The number of aryl methyl sites for hydroxylation is 1. The van der Waals surface area contributed by atoms with Gasteiger partial charge in [0.15, 0.2) is 0 Å². The number of phosphoric ester groups is 1. The van der Waals surface area contributed by atoms with Crippen LogP contribution in [0, 0.1) is 14.4 Å². The van der Waals surface area contributed by atoms with E-state index in [1.807, 2.05) is 0 Å². The van der Waals surface area contributed by atoms with E-state index in [0.717, 1.165) is 0 Å². The minimum Gasteiger partial charge on any atom is -0.505 e. The van der Waals surface area contributed by atoms with Gasteiger partial charge in [0.2, 0.25) is 0 Å². The summed E-state index contributed by atoms with van der Waals surface area (Å²) in [6.45, 7) is 1.51. The molecule has 0 radical (unpaired) electrons. The Kier molecular flexibility index (Phi) is 11.0. The van der Waals surface area contributed by atoms with Crippen LogP contribution in [-0.2, 0) is 20.5 Å². The smallest absolute Gasteiger partial charge is 0.469 e. The first-order chi connectivity index (χ1) is 10.3. The maximum absolute atomic E-state index is 10.7. The summed E-state index contributed by atoms with van der Waals surface area (Å²) in [6, 6.07) is 0. The second-order valence-electron chi connectivity index (χ2n) is 4.39. The molecule has 0 aliphatic rings. The molecule has 4 N–H and O–H groups in total. The van der Waals surface area contributed by atoms with Crippen LogP contribution in [0.2, 0.25) is 0 Å². The van der Waals surface area contributed by atoms with E-state index >= 15 is 0 Å². The molecule has 0 unspecified atom stereocenters. The molecule has 0 aliphatic heterocycles. The van der Waals surface area contributed by atoms with E-state index in [1.54, 1.807) is 6.92 Å². The molecule has 9 nitrogen and oxygen atoms in total. The molecule has 1 aromatic heterocycles. The minimum absolute atomic E-state index is 0. The van der Waals surface area contributed by atoms with Crippen molar-refractivity contribution in [2.45, 2.75) is 26.4 Å². The number of hydrogen-bond donors (Lipinski definition) is 4. The Morgan fingerprint density at radius 2 is 2.04 bits per heavy atom. The third kappa shape index (κ3) is 8.21. The molecule has 1 rings (SSSR count). The second kappa shape index (κ2) is 11.1. The van der Waals surface area contributed by atoms with E-state index in [-0.39, 0.29) is 30.9 Å². The van der Waals surface area contributed by atoms with E-state index < -0.39 is 14.4 Å². The molecule has 0 saturated heterocycles. The van der Waals surface area contributed by atoms with Gasteiger partial charge >= 0.3 is 7.82 Å². The molecule has 24 heavy (non-hydrogen) atoms. The number of unbranched alkanes of at least 4 members (excludes halogenated alkanes) is 1. The Labute approximate surface area is 134 Å². The third-order valence-electron chi connectivity index (χ3n) is 2.65. The monoisotopic (exact) mass is 617 g/mol. The summed E-state index contributed by atoms with van der Waals surface area (Å²) in [5.74, 6) is -0.172. The molecule has 11 heteroatoms. The van der Waals surface area contributed by atoms with Crippen LogP contribution in [0.5, 0.6) is 5.75 Å². The van der Waals surface area contributed by atoms with Gasteiger partial charge in [-0.25, -0.2) is 4.57 Å². The summed E-state index contributed by atoms with van der Waals surface area (Å²) in [4.78, 5) is 26.3. The van der Waals surface area contributed by atoms with Gasteiger partial charge in [-0.15, -0.1) is 0 Å². The van der Waals surface area contributed by atoms with Crippen molar-refractivity contribution in [3.8, 4) is 5.75 Å². The average molecular weight is 617 g/mol. The van der Waals surface area contributed by atoms with Gasteiger partial charge in [-0.05, 0) is 19.8 Å². The van der Waals surface area contributed by atoms with E-state index in [2.05, 4.69) is 14.7 Å². The van der Waals surface area contributed by atoms with Crippen LogP contribution in [0.4, 0.5) is 0 Å². The normalized spacial score (nSPS) is 11.0. The van der Waals surface area contributed by atoms with E-state index in [0.29, 0.717) is 25.1 Å². The largest absolute Gasteiger partial charge is 0.505 e. The topological polar surface area (TPSA) is 142 Å². The molecule has 0 atom stereocenters. The zero-order valence-electron chi connectivity index (χ0n) is 13.8. The summed E-state index contributed by atoms with van der Waals surface area (Å²) in [7, 11) is -4.63. The van der Waals surface area contributed by atoms with Crippen molar-refractivity contribution in [3.63, 3.8) is 0 Å². The number of aliphatic hydroxyl groups excluding tert-OH is 1. The molecule has 0 spiro atoms. The van der Waals surface area contributed by atoms with Gasteiger partial charge in [0, 0.05) is 23.9 Å². The molecule has 0 fully saturated rings. The van der Waals surface area contributed by atoms with Crippen LogP contribution in [0.15, 0.2) is 11.4 Å². The number of aliphatic hydroxyl groups is 1. The summed E-state index contributed by atoms with van der Waals surface area (Å²) in [5, 5.41) is 22.3. The molecule has 0 amide bonds. The number of phosphoric acid groups is 1. The zero-order chi connectivity index (χ0) is 16.6. The standard InChI is InChI=1S/C12H19N2O7P.CH3.Db/c1-9-12(16)11(7-14-20-5-3-2-4-15)10(6-13-9)8-21-22(17,18)19;;/h6-7,15-16H,2-5,8H2,1H3,(H2,17,18,19);1H3;/q;-1;. The second-order valence-corrected chi connectivity index (χ2v) is 5.63. The van der Waals surface area contributed by atoms with Gasteiger partial charge in [-0.3, -0.25) is 9.51 Å². The maximum atomic E-state index is 10.7. The van der Waals surface area contributed by atoms with Crippen LogP contribution < -0.4 is 0 Å². The number of hydrogen-bond acceptors (Lipinski definition) is 7. The van der Waals surface area contributed by atoms with Gasteiger partial charge in [-0.1, -0.05) is 5.16 Å². The van der Waals surface area contributed by atoms with Gasteiger partial charge in [0.1, 0.15) is 12.4 Å². The van der Waals surface area contributed by atoms with Crippen molar-refractivity contribution in [2.75, 3.05) is 13.2 Å².